The minimum Gasteiger partial charge on any atom is -0.756 e. The average molecular weight is 852 g/mol. The fraction of sp³-hybridized carbons (Fsp3) is 0.696. The van der Waals surface area contributed by atoms with Gasteiger partial charge in [-0.05, 0) is 63.7 Å². The highest BCUT2D eigenvalue weighted by Gasteiger charge is 2.39. The Kier molecular flexibility index (Phi) is 30.4. The Labute approximate surface area is 355 Å². The van der Waals surface area contributed by atoms with Crippen molar-refractivity contribution in [1.82, 2.24) is 0 Å². The van der Waals surface area contributed by atoms with Crippen molar-refractivity contribution in [2.45, 2.75) is 147 Å². The molecular weight excluding hydrogens is 773 g/mol. The molecule has 1 unspecified atom stereocenters. The van der Waals surface area contributed by atoms with E-state index in [2.05, 4.69) is 50.3 Å². The molecule has 0 saturated heterocycles. The second-order valence-corrected chi connectivity index (χ2v) is 17.7. The van der Waals surface area contributed by atoms with Crippen LogP contribution in [0.4, 0.5) is 0 Å². The molecule has 0 radical (unpaired) electrons. The summed E-state index contributed by atoms with van der Waals surface area (Å²) >= 11 is 0. The van der Waals surface area contributed by atoms with Gasteiger partial charge in [0.2, 0.25) is 0 Å². The lowest BCUT2D eigenvalue weighted by molar-refractivity contribution is -0.870. The summed E-state index contributed by atoms with van der Waals surface area (Å²) in [5.74, 6) is -1.86. The van der Waals surface area contributed by atoms with E-state index in [1.807, 2.05) is 33.3 Å². The Morgan fingerprint density at radius 2 is 1.39 bits per heavy atom. The number of nitrogens with zero attached hydrogens (tertiary/aromatic N) is 1. The molecule has 12 nitrogen and oxygen atoms in total. The number of unbranched alkanes of at least 4 members (excludes halogenated alkanes) is 6. The summed E-state index contributed by atoms with van der Waals surface area (Å²) < 4.78 is 33.7. The summed E-state index contributed by atoms with van der Waals surface area (Å²) in [6.45, 7) is 3.62. The highest BCUT2D eigenvalue weighted by atomic mass is 31.2. The van der Waals surface area contributed by atoms with Crippen LogP contribution in [0.1, 0.15) is 123 Å². The van der Waals surface area contributed by atoms with Gasteiger partial charge in [-0.25, -0.2) is 0 Å². The number of carbonyl (C=O) groups is 2. The minimum absolute atomic E-state index is 0.100. The Bertz CT molecular complexity index is 1350. The smallest absolute Gasteiger partial charge is 0.310 e. The molecule has 7 atom stereocenters. The summed E-state index contributed by atoms with van der Waals surface area (Å²) in [7, 11) is 0.929. The van der Waals surface area contributed by atoms with E-state index in [1.54, 1.807) is 24.3 Å². The van der Waals surface area contributed by atoms with Crippen molar-refractivity contribution in [3.05, 3.63) is 72.9 Å². The molecule has 0 aromatic heterocycles. The summed E-state index contributed by atoms with van der Waals surface area (Å²) in [6, 6.07) is 0. The molecule has 0 aromatic rings. The van der Waals surface area contributed by atoms with Crippen molar-refractivity contribution in [2.75, 3.05) is 47.5 Å². The largest absolute Gasteiger partial charge is 0.756 e. The number of hydrogen-bond donors (Lipinski definition) is 3. The number of aliphatic hydroxyl groups is 3. The zero-order valence-electron chi connectivity index (χ0n) is 36.7. The van der Waals surface area contributed by atoms with Crippen LogP contribution in [-0.4, -0.2) is 104 Å². The Morgan fingerprint density at radius 3 is 2.02 bits per heavy atom. The zero-order valence-corrected chi connectivity index (χ0v) is 37.6. The topological polar surface area (TPSA) is 172 Å². The molecule has 3 N–H and O–H groups in total. The fourth-order valence-corrected chi connectivity index (χ4v) is 7.00. The Balaban J connectivity index is 2.61. The zero-order chi connectivity index (χ0) is 43.8. The molecule has 1 aliphatic rings. The van der Waals surface area contributed by atoms with Crippen molar-refractivity contribution in [1.29, 1.82) is 0 Å². The predicted octanol–water partition coefficient (Wildman–Crippen LogP) is 7.99. The van der Waals surface area contributed by atoms with Crippen LogP contribution in [0.2, 0.25) is 0 Å². The minimum atomic E-state index is -4.74. The van der Waals surface area contributed by atoms with Gasteiger partial charge in [0, 0.05) is 18.8 Å². The summed E-state index contributed by atoms with van der Waals surface area (Å²) in [5.41, 5.74) is 0. The van der Waals surface area contributed by atoms with E-state index in [9.17, 15) is 34.4 Å². The van der Waals surface area contributed by atoms with Gasteiger partial charge in [-0.1, -0.05) is 119 Å². The summed E-state index contributed by atoms with van der Waals surface area (Å²) in [5, 5.41) is 31.4. The molecular formula is C46H78NO11P. The van der Waals surface area contributed by atoms with Crippen molar-refractivity contribution < 1.29 is 57.4 Å². The summed E-state index contributed by atoms with van der Waals surface area (Å²) in [4.78, 5) is 37.8. The number of hydrogen-bond acceptors (Lipinski definition) is 11. The van der Waals surface area contributed by atoms with Crippen LogP contribution in [0.15, 0.2) is 72.9 Å². The van der Waals surface area contributed by atoms with Gasteiger partial charge in [0.15, 0.2) is 6.10 Å². The Hall–Kier alpha value is -2.67. The van der Waals surface area contributed by atoms with Crippen molar-refractivity contribution in [3.63, 3.8) is 0 Å². The first kappa shape index (κ1) is 54.3. The maximum atomic E-state index is 12.8. The maximum Gasteiger partial charge on any atom is 0.310 e. The third-order valence-electron chi connectivity index (χ3n) is 9.80. The lowest BCUT2D eigenvalue weighted by atomic mass is 9.89. The molecule has 338 valence electrons. The lowest BCUT2D eigenvalue weighted by Gasteiger charge is -2.28. The number of phosphoric acid groups is 1. The average Bonchev–Trinajstić information content (AvgIpc) is 3.44. The van der Waals surface area contributed by atoms with E-state index in [0.29, 0.717) is 36.7 Å². The third kappa shape index (κ3) is 30.1. The Morgan fingerprint density at radius 1 is 0.780 bits per heavy atom. The second kappa shape index (κ2) is 33.0. The van der Waals surface area contributed by atoms with Gasteiger partial charge in [-0.3, -0.25) is 14.2 Å². The number of aliphatic hydroxyl groups excluding tert-OH is 3. The molecule has 0 aliphatic heterocycles. The SMILES string of the molecule is CCCCC/C=C\C/C=C\C/C=C\C/C=C\CCCC(=O)OC[C@H](COP(=O)([O-])OCC[N+](C)(C)C)OC(=O)C/C=C\C[C@H]1[C@@H](/C=C/[C@H](O)CCCCC)[C@H](O)C[C@@H]1O. The maximum absolute atomic E-state index is 12.8. The fourth-order valence-electron chi connectivity index (χ4n) is 6.27. The molecule has 0 aromatic carbocycles. The quantitative estimate of drug-likeness (QED) is 0.0188. The van der Waals surface area contributed by atoms with Gasteiger partial charge >= 0.3 is 11.9 Å². The molecule has 0 spiro atoms. The number of quaternary nitrogens is 1. The van der Waals surface area contributed by atoms with Crippen LogP contribution in [0.25, 0.3) is 0 Å². The predicted molar refractivity (Wildman–Crippen MR) is 233 cm³/mol. The van der Waals surface area contributed by atoms with Crippen molar-refractivity contribution in [2.24, 2.45) is 11.8 Å². The lowest BCUT2D eigenvalue weighted by Crippen LogP contribution is -2.37. The molecule has 0 bridgehead atoms. The van der Waals surface area contributed by atoms with Gasteiger partial charge in [0.05, 0.1) is 52.5 Å². The molecule has 59 heavy (non-hydrogen) atoms. The van der Waals surface area contributed by atoms with E-state index in [1.165, 1.54) is 19.3 Å². The molecule has 1 rings (SSSR count). The van der Waals surface area contributed by atoms with Gasteiger partial charge in [-0.2, -0.15) is 0 Å². The highest BCUT2D eigenvalue weighted by Crippen LogP contribution is 2.38. The van der Waals surface area contributed by atoms with Crippen molar-refractivity contribution in [3.8, 4) is 0 Å². The molecule has 13 heteroatoms. The first-order valence-corrected chi connectivity index (χ1v) is 23.4. The van der Waals surface area contributed by atoms with Crippen molar-refractivity contribution >= 4 is 19.8 Å². The van der Waals surface area contributed by atoms with E-state index in [4.69, 9.17) is 18.5 Å². The molecule has 0 amide bonds. The van der Waals surface area contributed by atoms with Crippen LogP contribution >= 0.6 is 7.82 Å². The number of allylic oxidation sites excluding steroid dienone is 9. The van der Waals surface area contributed by atoms with Crippen LogP contribution in [0.5, 0.6) is 0 Å². The standard InChI is InChI=1S/C46H78NO11P/c1-6-8-10-11-12-13-14-15-16-17-18-19-20-21-22-23-25-30-45(51)55-37-40(38-57-59(53,54)56-35-34-47(3,4)5)58-46(52)31-27-26-29-41-42(44(50)36-43(41)49)33-32-39(48)28-24-9-7-2/h12-13,15-16,18-19,21-22,26-27,32-33,39-44,48-50H,6-11,14,17,20,23-25,28-31,34-38H2,1-5H3/b13-12-,16-15-,19-18-,22-21-,27-26-,33-32+/t39-,40-,41+,42-,43+,44-/m1/s1. The number of ether oxygens (including phenoxy) is 2. The second-order valence-electron chi connectivity index (χ2n) is 16.3. The van der Waals surface area contributed by atoms with Crippen LogP contribution < -0.4 is 4.89 Å². The normalized spacial score (nSPS) is 21.2. The van der Waals surface area contributed by atoms with Gasteiger partial charge in [-0.15, -0.1) is 0 Å². The first-order valence-electron chi connectivity index (χ1n) is 21.9. The van der Waals surface area contributed by atoms with Crippen LogP contribution in [0.3, 0.4) is 0 Å². The third-order valence-corrected chi connectivity index (χ3v) is 10.8. The molecule has 0 heterocycles. The van der Waals surface area contributed by atoms with E-state index in [-0.39, 0.29) is 37.7 Å². The number of phosphoric ester groups is 1. The summed E-state index contributed by atoms with van der Waals surface area (Å²) in [6.07, 6.45) is 33.6. The van der Waals surface area contributed by atoms with Crippen LogP contribution in [-0.2, 0) is 32.7 Å². The van der Waals surface area contributed by atoms with E-state index >= 15 is 0 Å². The van der Waals surface area contributed by atoms with Gasteiger partial charge in [0.25, 0.3) is 7.82 Å². The number of carbonyl (C=O) groups excluding carboxylic acids is 2. The number of rotatable bonds is 34. The van der Waals surface area contributed by atoms with Gasteiger partial charge < -0.3 is 43.2 Å². The highest BCUT2D eigenvalue weighted by molar-refractivity contribution is 7.45. The molecule has 1 aliphatic carbocycles. The first-order chi connectivity index (χ1) is 28.2. The molecule has 1 fully saturated rings. The molecule has 1 saturated carbocycles. The van der Waals surface area contributed by atoms with E-state index < -0.39 is 57.4 Å². The number of esters is 2. The van der Waals surface area contributed by atoms with Crippen LogP contribution in [0, 0.1) is 11.8 Å². The van der Waals surface area contributed by atoms with Gasteiger partial charge in [0.1, 0.15) is 19.8 Å². The number of likely N-dealkylation sites (N-methyl/N-ethyl adjacent to an activating group) is 1. The van der Waals surface area contributed by atoms with E-state index in [0.717, 1.165) is 44.9 Å². The monoisotopic (exact) mass is 852 g/mol.